The van der Waals surface area contributed by atoms with Crippen LogP contribution in [-0.2, 0) is 6.18 Å². The molecule has 2 aromatic rings. The highest BCUT2D eigenvalue weighted by Gasteiger charge is 2.31. The Balaban J connectivity index is 2.00. The molecule has 1 aliphatic rings. The number of piperazine rings is 1. The molecule has 0 bridgehead atoms. The molecule has 146 valence electrons. The van der Waals surface area contributed by atoms with Gasteiger partial charge in [-0.2, -0.15) is 23.1 Å². The molecule has 1 fully saturated rings. The minimum absolute atomic E-state index is 0.0851. The zero-order valence-corrected chi connectivity index (χ0v) is 14.9. The first kappa shape index (κ1) is 19.0. The molecule has 2 heterocycles. The van der Waals surface area contributed by atoms with E-state index in [1.807, 2.05) is 4.90 Å². The molecule has 27 heavy (non-hydrogen) atoms. The monoisotopic (exact) mass is 383 g/mol. The van der Waals surface area contributed by atoms with Crippen LogP contribution in [0.1, 0.15) is 5.56 Å². The van der Waals surface area contributed by atoms with E-state index in [-0.39, 0.29) is 23.4 Å². The van der Waals surface area contributed by atoms with Crippen LogP contribution in [0.25, 0.3) is 0 Å². The highest BCUT2D eigenvalue weighted by molar-refractivity contribution is 5.75. The molecule has 0 radical (unpaired) electrons. The number of halogens is 3. The molecule has 0 atom stereocenters. The lowest BCUT2D eigenvalue weighted by Gasteiger charge is -2.31. The van der Waals surface area contributed by atoms with E-state index in [1.165, 1.54) is 26.4 Å². The van der Waals surface area contributed by atoms with E-state index in [1.54, 1.807) is 0 Å². The lowest BCUT2D eigenvalue weighted by Crippen LogP contribution is -2.43. The van der Waals surface area contributed by atoms with Gasteiger partial charge in [0, 0.05) is 26.2 Å². The number of nitrogens with one attached hydrogen (secondary N) is 2. The summed E-state index contributed by atoms with van der Waals surface area (Å²) in [7, 11) is 2.87. The normalized spacial score (nSPS) is 14.8. The van der Waals surface area contributed by atoms with Crippen LogP contribution in [0.4, 0.5) is 30.5 Å². The molecule has 0 aliphatic carbocycles. The highest BCUT2D eigenvalue weighted by Crippen LogP contribution is 2.36. The molecule has 0 unspecified atom stereocenters. The van der Waals surface area contributed by atoms with Crippen molar-refractivity contribution in [3.8, 4) is 11.8 Å². The van der Waals surface area contributed by atoms with Gasteiger partial charge in [0.15, 0.2) is 0 Å². The number of aromatic nitrogens is 2. The smallest absolute Gasteiger partial charge is 0.416 e. The summed E-state index contributed by atoms with van der Waals surface area (Å²) in [6, 6.07) is 5.09. The highest BCUT2D eigenvalue weighted by atomic mass is 19.4. The summed E-state index contributed by atoms with van der Waals surface area (Å²) in [5.74, 6) is 0.557. The number of methoxy groups -OCH3 is 2. The van der Waals surface area contributed by atoms with Crippen LogP contribution < -0.4 is 25.0 Å². The number of nitrogens with zero attached hydrogens (tertiary/aromatic N) is 3. The Morgan fingerprint density at radius 1 is 1.04 bits per heavy atom. The summed E-state index contributed by atoms with van der Waals surface area (Å²) in [6.45, 7) is 2.87. The van der Waals surface area contributed by atoms with Crippen molar-refractivity contribution in [1.29, 1.82) is 0 Å². The van der Waals surface area contributed by atoms with Gasteiger partial charge >= 0.3 is 6.18 Å². The Morgan fingerprint density at radius 2 is 1.67 bits per heavy atom. The van der Waals surface area contributed by atoms with Gasteiger partial charge in [0.2, 0.25) is 17.7 Å². The minimum atomic E-state index is -4.45. The largest absolute Gasteiger partial charge is 0.481 e. The lowest BCUT2D eigenvalue weighted by molar-refractivity contribution is -0.137. The molecular formula is C17H20F3N5O2. The SMILES string of the molecule is COc1cc(OC)nc(Nc2cc(C(F)(F)F)ccc2N2CCNCC2)n1. The Hall–Kier alpha value is -2.75. The second-order valence-electron chi connectivity index (χ2n) is 5.87. The first-order valence-corrected chi connectivity index (χ1v) is 8.31. The molecule has 2 N–H and O–H groups in total. The minimum Gasteiger partial charge on any atom is -0.481 e. The summed E-state index contributed by atoms with van der Waals surface area (Å²) >= 11 is 0. The van der Waals surface area contributed by atoms with Crippen LogP contribution in [0, 0.1) is 0 Å². The van der Waals surface area contributed by atoms with E-state index in [4.69, 9.17) is 9.47 Å². The van der Waals surface area contributed by atoms with Crippen molar-refractivity contribution < 1.29 is 22.6 Å². The summed E-state index contributed by atoms with van der Waals surface area (Å²) in [5.41, 5.74) is 0.163. The maximum Gasteiger partial charge on any atom is 0.416 e. The van der Waals surface area contributed by atoms with Crippen molar-refractivity contribution in [3.63, 3.8) is 0 Å². The van der Waals surface area contributed by atoms with Gasteiger partial charge in [-0.05, 0) is 18.2 Å². The number of hydrogen-bond donors (Lipinski definition) is 2. The van der Waals surface area contributed by atoms with Gasteiger partial charge < -0.3 is 25.0 Å². The van der Waals surface area contributed by atoms with Gasteiger partial charge in [0.1, 0.15) is 0 Å². The molecule has 10 heteroatoms. The number of rotatable bonds is 5. The average molecular weight is 383 g/mol. The Morgan fingerprint density at radius 3 is 2.22 bits per heavy atom. The first-order chi connectivity index (χ1) is 12.9. The Bertz CT molecular complexity index is 772. The van der Waals surface area contributed by atoms with E-state index >= 15 is 0 Å². The van der Waals surface area contributed by atoms with Crippen molar-refractivity contribution in [2.75, 3.05) is 50.6 Å². The predicted molar refractivity (Wildman–Crippen MR) is 94.9 cm³/mol. The third-order valence-corrected chi connectivity index (χ3v) is 4.13. The van der Waals surface area contributed by atoms with Crippen molar-refractivity contribution in [1.82, 2.24) is 15.3 Å². The summed E-state index contributed by atoms with van der Waals surface area (Å²) in [6.07, 6.45) is -4.45. The van der Waals surface area contributed by atoms with E-state index in [0.717, 1.165) is 25.2 Å². The van der Waals surface area contributed by atoms with Crippen molar-refractivity contribution in [2.45, 2.75) is 6.18 Å². The third-order valence-electron chi connectivity index (χ3n) is 4.13. The fraction of sp³-hybridized carbons (Fsp3) is 0.412. The van der Waals surface area contributed by atoms with Gasteiger partial charge in [-0.3, -0.25) is 0 Å². The summed E-state index contributed by atoms with van der Waals surface area (Å²) < 4.78 is 49.8. The third kappa shape index (κ3) is 4.51. The number of ether oxygens (including phenoxy) is 2. The number of benzene rings is 1. The predicted octanol–water partition coefficient (Wildman–Crippen LogP) is 2.67. The Labute approximate surface area is 154 Å². The van der Waals surface area contributed by atoms with Gasteiger partial charge in [-0.25, -0.2) is 0 Å². The van der Waals surface area contributed by atoms with Crippen LogP contribution in [0.15, 0.2) is 24.3 Å². The molecule has 0 saturated carbocycles. The van der Waals surface area contributed by atoms with E-state index < -0.39 is 11.7 Å². The summed E-state index contributed by atoms with van der Waals surface area (Å²) in [5, 5.41) is 6.11. The molecule has 1 aliphatic heterocycles. The van der Waals surface area contributed by atoms with Crippen molar-refractivity contribution >= 4 is 17.3 Å². The number of hydrogen-bond acceptors (Lipinski definition) is 7. The summed E-state index contributed by atoms with van der Waals surface area (Å²) in [4.78, 5) is 10.3. The van der Waals surface area contributed by atoms with Crippen LogP contribution in [0.3, 0.4) is 0 Å². The lowest BCUT2D eigenvalue weighted by atomic mass is 10.1. The standard InChI is InChI=1S/C17H20F3N5O2/c1-26-14-10-15(27-2)24-16(23-14)22-12-9-11(17(18,19)20)3-4-13(12)25-7-5-21-6-8-25/h3-4,9-10,21H,5-8H2,1-2H3,(H,22,23,24). The number of alkyl halides is 3. The van der Waals surface area contributed by atoms with Gasteiger partial charge in [-0.1, -0.05) is 0 Å². The van der Waals surface area contributed by atoms with E-state index in [9.17, 15) is 13.2 Å². The van der Waals surface area contributed by atoms with Crippen molar-refractivity contribution in [2.24, 2.45) is 0 Å². The van der Waals surface area contributed by atoms with E-state index in [0.29, 0.717) is 18.8 Å². The zero-order chi connectivity index (χ0) is 19.4. The second kappa shape index (κ2) is 7.87. The molecular weight excluding hydrogens is 363 g/mol. The molecule has 7 nitrogen and oxygen atoms in total. The zero-order valence-electron chi connectivity index (χ0n) is 14.9. The maximum atomic E-state index is 13.2. The second-order valence-corrected chi connectivity index (χ2v) is 5.87. The van der Waals surface area contributed by atoms with Crippen LogP contribution in [-0.4, -0.2) is 50.4 Å². The fourth-order valence-corrected chi connectivity index (χ4v) is 2.78. The molecule has 1 saturated heterocycles. The van der Waals surface area contributed by atoms with Gasteiger partial charge in [0.05, 0.1) is 37.2 Å². The van der Waals surface area contributed by atoms with Crippen LogP contribution in [0.5, 0.6) is 11.8 Å². The van der Waals surface area contributed by atoms with Crippen LogP contribution in [0.2, 0.25) is 0 Å². The molecule has 1 aromatic carbocycles. The van der Waals surface area contributed by atoms with Gasteiger partial charge in [0.25, 0.3) is 0 Å². The quantitative estimate of drug-likeness (QED) is 0.823. The van der Waals surface area contributed by atoms with Gasteiger partial charge in [-0.15, -0.1) is 0 Å². The van der Waals surface area contributed by atoms with Crippen LogP contribution >= 0.6 is 0 Å². The Kier molecular flexibility index (Phi) is 5.54. The topological polar surface area (TPSA) is 71.5 Å². The molecule has 3 rings (SSSR count). The molecule has 0 amide bonds. The first-order valence-electron chi connectivity index (χ1n) is 8.31. The molecule has 1 aromatic heterocycles. The maximum absolute atomic E-state index is 13.2. The number of anilines is 3. The average Bonchev–Trinajstić information content (AvgIpc) is 2.67. The molecule has 0 spiro atoms. The van der Waals surface area contributed by atoms with E-state index in [2.05, 4.69) is 20.6 Å². The van der Waals surface area contributed by atoms with Crippen molar-refractivity contribution in [3.05, 3.63) is 29.8 Å². The fourth-order valence-electron chi connectivity index (χ4n) is 2.78.